The van der Waals surface area contributed by atoms with Crippen molar-refractivity contribution in [2.45, 2.75) is 58.5 Å². The molecule has 0 aliphatic carbocycles. The van der Waals surface area contributed by atoms with Gasteiger partial charge in [0.2, 0.25) is 5.88 Å². The molecule has 1 aliphatic heterocycles. The lowest BCUT2D eigenvalue weighted by atomic mass is 10.0. The number of nitrogens with zero attached hydrogens (tertiary/aromatic N) is 1. The molecule has 0 radical (unpaired) electrons. The average molecular weight is 264 g/mol. The Labute approximate surface area is 115 Å². The van der Waals surface area contributed by atoms with Crippen LogP contribution in [0.5, 0.6) is 5.88 Å². The minimum absolute atomic E-state index is 0.203. The Bertz CT molecular complexity index is 387. The van der Waals surface area contributed by atoms with Crippen molar-refractivity contribution >= 4 is 0 Å². The lowest BCUT2D eigenvalue weighted by molar-refractivity contribution is -0.0731. The normalized spacial score (nSPS) is 27.2. The molecule has 0 saturated carbocycles. The second kappa shape index (κ2) is 6.87. The SMILES string of the molecule is CCNCc1cccnc1OC1CC(C)OC(C)C1. The van der Waals surface area contributed by atoms with Gasteiger partial charge in [-0.3, -0.25) is 0 Å². The molecule has 4 heteroatoms. The summed E-state index contributed by atoms with van der Waals surface area (Å²) in [5.41, 5.74) is 1.12. The van der Waals surface area contributed by atoms with Gasteiger partial charge in [0.25, 0.3) is 0 Å². The molecule has 1 N–H and O–H groups in total. The highest BCUT2D eigenvalue weighted by atomic mass is 16.5. The lowest BCUT2D eigenvalue weighted by Gasteiger charge is -2.32. The molecule has 19 heavy (non-hydrogen) atoms. The summed E-state index contributed by atoms with van der Waals surface area (Å²) in [7, 11) is 0. The Balaban J connectivity index is 2.01. The number of hydrogen-bond acceptors (Lipinski definition) is 4. The largest absolute Gasteiger partial charge is 0.474 e. The first-order valence-corrected chi connectivity index (χ1v) is 7.15. The first-order chi connectivity index (χ1) is 9.19. The van der Waals surface area contributed by atoms with Gasteiger partial charge < -0.3 is 14.8 Å². The Morgan fingerprint density at radius 1 is 1.37 bits per heavy atom. The molecular weight excluding hydrogens is 240 g/mol. The van der Waals surface area contributed by atoms with Gasteiger partial charge in [0.15, 0.2) is 0 Å². The van der Waals surface area contributed by atoms with E-state index in [1.165, 1.54) is 0 Å². The summed E-state index contributed by atoms with van der Waals surface area (Å²) < 4.78 is 11.8. The molecule has 1 aliphatic rings. The number of pyridine rings is 1. The molecule has 0 bridgehead atoms. The van der Waals surface area contributed by atoms with Crippen LogP contribution >= 0.6 is 0 Å². The van der Waals surface area contributed by atoms with E-state index in [1.807, 2.05) is 6.07 Å². The molecular formula is C15H24N2O2. The summed E-state index contributed by atoms with van der Waals surface area (Å²) in [6.45, 7) is 8.04. The number of nitrogens with one attached hydrogen (secondary N) is 1. The summed E-state index contributed by atoms with van der Waals surface area (Å²) in [5.74, 6) is 0.759. The maximum atomic E-state index is 6.09. The molecule has 1 saturated heterocycles. The van der Waals surface area contributed by atoms with Crippen molar-refractivity contribution in [3.05, 3.63) is 23.9 Å². The van der Waals surface area contributed by atoms with Crippen molar-refractivity contribution in [3.8, 4) is 5.88 Å². The van der Waals surface area contributed by atoms with Crippen LogP contribution in [0, 0.1) is 0 Å². The van der Waals surface area contributed by atoms with Crippen molar-refractivity contribution in [2.24, 2.45) is 0 Å². The summed E-state index contributed by atoms with van der Waals surface area (Å²) >= 11 is 0. The minimum atomic E-state index is 0.203. The predicted molar refractivity (Wildman–Crippen MR) is 75.3 cm³/mol. The summed E-state index contributed by atoms with van der Waals surface area (Å²) in [4.78, 5) is 4.37. The fraction of sp³-hybridized carbons (Fsp3) is 0.667. The zero-order valence-electron chi connectivity index (χ0n) is 12.1. The Morgan fingerprint density at radius 3 is 2.79 bits per heavy atom. The summed E-state index contributed by atoms with van der Waals surface area (Å²) in [6, 6.07) is 4.02. The molecule has 1 aromatic heterocycles. The van der Waals surface area contributed by atoms with Crippen LogP contribution in [0.4, 0.5) is 0 Å². The highest BCUT2D eigenvalue weighted by Crippen LogP contribution is 2.24. The first kappa shape index (κ1) is 14.3. The van der Waals surface area contributed by atoms with Crippen LogP contribution in [-0.4, -0.2) is 29.8 Å². The van der Waals surface area contributed by atoms with Gasteiger partial charge in [-0.15, -0.1) is 0 Å². The van der Waals surface area contributed by atoms with E-state index in [1.54, 1.807) is 6.20 Å². The van der Waals surface area contributed by atoms with Crippen molar-refractivity contribution in [2.75, 3.05) is 6.54 Å². The molecule has 2 rings (SSSR count). The zero-order chi connectivity index (χ0) is 13.7. The molecule has 2 atom stereocenters. The van der Waals surface area contributed by atoms with E-state index in [-0.39, 0.29) is 18.3 Å². The van der Waals surface area contributed by atoms with Crippen LogP contribution in [0.15, 0.2) is 18.3 Å². The Hall–Kier alpha value is -1.13. The quantitative estimate of drug-likeness (QED) is 0.887. The van der Waals surface area contributed by atoms with Crippen molar-refractivity contribution in [1.82, 2.24) is 10.3 Å². The fourth-order valence-electron chi connectivity index (χ4n) is 2.52. The van der Waals surface area contributed by atoms with Gasteiger partial charge >= 0.3 is 0 Å². The monoisotopic (exact) mass is 264 g/mol. The van der Waals surface area contributed by atoms with E-state index < -0.39 is 0 Å². The molecule has 106 valence electrons. The Morgan fingerprint density at radius 2 is 2.11 bits per heavy atom. The van der Waals surface area contributed by atoms with Crippen LogP contribution in [0.1, 0.15) is 39.2 Å². The van der Waals surface area contributed by atoms with E-state index in [0.717, 1.165) is 37.4 Å². The van der Waals surface area contributed by atoms with Crippen molar-refractivity contribution in [1.29, 1.82) is 0 Å². The van der Waals surface area contributed by atoms with E-state index >= 15 is 0 Å². The first-order valence-electron chi connectivity index (χ1n) is 7.15. The second-order valence-corrected chi connectivity index (χ2v) is 5.22. The predicted octanol–water partition coefficient (Wildman–Crippen LogP) is 2.53. The number of ether oxygens (including phenoxy) is 2. The van der Waals surface area contributed by atoms with Gasteiger partial charge in [-0.05, 0) is 26.5 Å². The van der Waals surface area contributed by atoms with E-state index in [2.05, 4.69) is 37.1 Å². The standard InChI is InChI=1S/C15H24N2O2/c1-4-16-10-13-6-5-7-17-15(13)19-14-8-11(2)18-12(3)9-14/h5-7,11-12,14,16H,4,8-10H2,1-3H3. The number of rotatable bonds is 5. The fourth-order valence-corrected chi connectivity index (χ4v) is 2.52. The summed E-state index contributed by atoms with van der Waals surface area (Å²) in [5, 5.41) is 3.32. The van der Waals surface area contributed by atoms with E-state index in [9.17, 15) is 0 Å². The Kier molecular flexibility index (Phi) is 5.16. The van der Waals surface area contributed by atoms with Gasteiger partial charge in [-0.2, -0.15) is 0 Å². The van der Waals surface area contributed by atoms with Crippen LogP contribution in [0.25, 0.3) is 0 Å². The van der Waals surface area contributed by atoms with Crippen LogP contribution < -0.4 is 10.1 Å². The topological polar surface area (TPSA) is 43.4 Å². The highest BCUT2D eigenvalue weighted by molar-refractivity contribution is 5.25. The van der Waals surface area contributed by atoms with E-state index in [0.29, 0.717) is 0 Å². The third-order valence-corrected chi connectivity index (χ3v) is 3.35. The molecule has 0 spiro atoms. The number of hydrogen-bond donors (Lipinski definition) is 1. The number of aromatic nitrogens is 1. The van der Waals surface area contributed by atoms with Gasteiger partial charge in [0.05, 0.1) is 12.2 Å². The molecule has 0 aromatic carbocycles. The second-order valence-electron chi connectivity index (χ2n) is 5.22. The third-order valence-electron chi connectivity index (χ3n) is 3.35. The molecule has 4 nitrogen and oxygen atoms in total. The molecule has 1 fully saturated rings. The molecule has 1 aromatic rings. The highest BCUT2D eigenvalue weighted by Gasteiger charge is 2.26. The third kappa shape index (κ3) is 4.18. The zero-order valence-corrected chi connectivity index (χ0v) is 12.1. The van der Waals surface area contributed by atoms with Crippen LogP contribution in [0.3, 0.4) is 0 Å². The molecule has 2 heterocycles. The van der Waals surface area contributed by atoms with E-state index in [4.69, 9.17) is 9.47 Å². The van der Waals surface area contributed by atoms with Gasteiger partial charge in [-0.1, -0.05) is 13.0 Å². The van der Waals surface area contributed by atoms with Gasteiger partial charge in [-0.25, -0.2) is 4.98 Å². The van der Waals surface area contributed by atoms with Crippen LogP contribution in [0.2, 0.25) is 0 Å². The maximum absolute atomic E-state index is 6.09. The average Bonchev–Trinajstić information content (AvgIpc) is 2.36. The van der Waals surface area contributed by atoms with Gasteiger partial charge in [0.1, 0.15) is 6.10 Å². The van der Waals surface area contributed by atoms with Gasteiger partial charge in [0, 0.05) is 31.1 Å². The smallest absolute Gasteiger partial charge is 0.218 e. The van der Waals surface area contributed by atoms with Crippen molar-refractivity contribution < 1.29 is 9.47 Å². The van der Waals surface area contributed by atoms with Crippen molar-refractivity contribution in [3.63, 3.8) is 0 Å². The molecule has 2 unspecified atom stereocenters. The molecule has 0 amide bonds. The van der Waals surface area contributed by atoms with Crippen LogP contribution in [-0.2, 0) is 11.3 Å². The minimum Gasteiger partial charge on any atom is -0.474 e. The lowest BCUT2D eigenvalue weighted by Crippen LogP contribution is -2.36. The summed E-state index contributed by atoms with van der Waals surface area (Å²) in [6.07, 6.45) is 4.37. The maximum Gasteiger partial charge on any atom is 0.218 e.